The lowest BCUT2D eigenvalue weighted by molar-refractivity contribution is -0.139. The second-order valence-corrected chi connectivity index (χ2v) is 6.84. The first-order valence-electron chi connectivity index (χ1n) is 7.58. The molecule has 4 rings (SSSR count). The average molecular weight is 389 g/mol. The Morgan fingerprint density at radius 1 is 1.25 bits per heavy atom. The Bertz CT molecular complexity index is 953. The number of aromatic amines is 1. The summed E-state index contributed by atoms with van der Waals surface area (Å²) in [4.78, 5) is 14.9. The number of carboxylic acids is 1. The van der Waals surface area contributed by atoms with Gasteiger partial charge in [-0.15, -0.1) is 0 Å². The summed E-state index contributed by atoms with van der Waals surface area (Å²) in [6.45, 7) is 0. The minimum atomic E-state index is -0.939. The molecule has 0 fully saturated rings. The van der Waals surface area contributed by atoms with E-state index in [-0.39, 0.29) is 5.82 Å². The summed E-state index contributed by atoms with van der Waals surface area (Å²) in [6.07, 6.45) is 0.362. The van der Waals surface area contributed by atoms with Crippen molar-refractivity contribution in [2.24, 2.45) is 0 Å². The Morgan fingerprint density at radius 2 is 2.04 bits per heavy atom. The van der Waals surface area contributed by atoms with Crippen LogP contribution in [0.25, 0.3) is 10.9 Å². The fourth-order valence-electron chi connectivity index (χ4n) is 3.37. The number of hydrogen-bond donors (Lipinski definition) is 3. The van der Waals surface area contributed by atoms with Crippen LogP contribution in [0.5, 0.6) is 0 Å². The predicted octanol–water partition coefficient (Wildman–Crippen LogP) is 3.76. The maximum absolute atomic E-state index is 14.4. The molecule has 2 atom stereocenters. The first-order chi connectivity index (χ1) is 11.5. The van der Waals surface area contributed by atoms with E-state index in [2.05, 4.69) is 26.2 Å². The summed E-state index contributed by atoms with van der Waals surface area (Å²) in [7, 11) is 0. The molecule has 0 saturated carbocycles. The molecule has 122 valence electrons. The highest BCUT2D eigenvalue weighted by Gasteiger charge is 2.34. The van der Waals surface area contributed by atoms with E-state index in [0.29, 0.717) is 12.0 Å². The van der Waals surface area contributed by atoms with Gasteiger partial charge in [0.1, 0.15) is 11.9 Å². The molecule has 0 radical (unpaired) electrons. The molecule has 1 aliphatic rings. The van der Waals surface area contributed by atoms with Crippen LogP contribution in [0.4, 0.5) is 4.39 Å². The lowest BCUT2D eigenvalue weighted by Crippen LogP contribution is -2.45. The van der Waals surface area contributed by atoms with E-state index in [0.717, 1.165) is 26.6 Å². The maximum Gasteiger partial charge on any atom is 0.321 e. The molecule has 2 unspecified atom stereocenters. The van der Waals surface area contributed by atoms with Gasteiger partial charge in [0.15, 0.2) is 0 Å². The summed E-state index contributed by atoms with van der Waals surface area (Å²) in [5, 5.41) is 13.5. The second kappa shape index (κ2) is 5.72. The molecule has 3 N–H and O–H groups in total. The summed E-state index contributed by atoms with van der Waals surface area (Å²) >= 11 is 3.36. The minimum Gasteiger partial charge on any atom is -0.480 e. The van der Waals surface area contributed by atoms with Crippen molar-refractivity contribution < 1.29 is 14.3 Å². The first-order valence-corrected chi connectivity index (χ1v) is 8.37. The summed E-state index contributed by atoms with van der Waals surface area (Å²) in [5.74, 6) is -1.31. The number of fused-ring (bicyclic) bond motifs is 3. The van der Waals surface area contributed by atoms with Crippen LogP contribution in [0.15, 0.2) is 46.9 Å². The molecule has 1 aliphatic heterocycles. The van der Waals surface area contributed by atoms with Gasteiger partial charge in [0, 0.05) is 33.1 Å². The molecule has 2 aromatic carbocycles. The maximum atomic E-state index is 14.4. The van der Waals surface area contributed by atoms with Gasteiger partial charge in [-0.1, -0.05) is 34.1 Å². The molecule has 4 nitrogen and oxygen atoms in total. The molecular weight excluding hydrogens is 375 g/mol. The number of aromatic nitrogens is 1. The molecule has 0 amide bonds. The van der Waals surface area contributed by atoms with E-state index in [9.17, 15) is 14.3 Å². The van der Waals surface area contributed by atoms with Crippen LogP contribution in [0, 0.1) is 5.82 Å². The van der Waals surface area contributed by atoms with Crippen molar-refractivity contribution in [3.05, 3.63) is 69.6 Å². The van der Waals surface area contributed by atoms with E-state index >= 15 is 0 Å². The van der Waals surface area contributed by atoms with Gasteiger partial charge in [-0.2, -0.15) is 0 Å². The van der Waals surface area contributed by atoms with Crippen molar-refractivity contribution in [3.63, 3.8) is 0 Å². The monoisotopic (exact) mass is 388 g/mol. The lowest BCUT2D eigenvalue weighted by Gasteiger charge is -2.29. The molecule has 6 heteroatoms. The number of aliphatic carboxylic acids is 1. The van der Waals surface area contributed by atoms with Crippen LogP contribution in [0.2, 0.25) is 0 Å². The highest BCUT2D eigenvalue weighted by atomic mass is 79.9. The Morgan fingerprint density at radius 3 is 2.83 bits per heavy atom. The van der Waals surface area contributed by atoms with Crippen LogP contribution in [0.3, 0.4) is 0 Å². The van der Waals surface area contributed by atoms with Crippen LogP contribution in [0.1, 0.15) is 22.9 Å². The topological polar surface area (TPSA) is 65.1 Å². The largest absolute Gasteiger partial charge is 0.480 e. The zero-order valence-corrected chi connectivity index (χ0v) is 14.1. The summed E-state index contributed by atoms with van der Waals surface area (Å²) in [6, 6.07) is 11.1. The molecule has 1 aromatic heterocycles. The van der Waals surface area contributed by atoms with Crippen LogP contribution in [-0.2, 0) is 11.2 Å². The van der Waals surface area contributed by atoms with Crippen LogP contribution in [-0.4, -0.2) is 22.1 Å². The third-order valence-electron chi connectivity index (χ3n) is 4.48. The van der Waals surface area contributed by atoms with Crippen molar-refractivity contribution in [1.29, 1.82) is 0 Å². The zero-order valence-electron chi connectivity index (χ0n) is 12.5. The number of carboxylic acid groups (broad SMARTS) is 1. The number of para-hydroxylation sites is 1. The Labute approximate surface area is 145 Å². The number of halogens is 2. The zero-order chi connectivity index (χ0) is 16.8. The number of hydrogen-bond acceptors (Lipinski definition) is 2. The van der Waals surface area contributed by atoms with E-state index in [1.54, 1.807) is 12.1 Å². The SMILES string of the molecule is O=C(O)C1Cc2c([nH]c3ccccc23)C(c2cc(Br)ccc2F)N1. The molecule has 0 saturated heterocycles. The second-order valence-electron chi connectivity index (χ2n) is 5.92. The normalized spacial score (nSPS) is 20.1. The summed E-state index contributed by atoms with van der Waals surface area (Å²) in [5.41, 5.74) is 3.10. The third kappa shape index (κ3) is 2.42. The molecular formula is C18H14BrFN2O2. The first kappa shape index (κ1) is 15.4. The predicted molar refractivity (Wildman–Crippen MR) is 92.5 cm³/mol. The number of H-pyrrole nitrogens is 1. The van der Waals surface area contributed by atoms with Crippen molar-refractivity contribution in [3.8, 4) is 0 Å². The van der Waals surface area contributed by atoms with E-state index in [4.69, 9.17) is 0 Å². The van der Waals surface area contributed by atoms with Gasteiger partial charge in [0.2, 0.25) is 0 Å². The standard InChI is InChI=1S/C18H14BrFN2O2/c19-9-5-6-13(20)12(7-9)17-16-11(8-15(22-17)18(23)24)10-3-1-2-4-14(10)21-16/h1-7,15,17,21-22H,8H2,(H,23,24). The minimum absolute atomic E-state index is 0.362. The lowest BCUT2D eigenvalue weighted by atomic mass is 9.90. The van der Waals surface area contributed by atoms with Crippen molar-refractivity contribution in [2.45, 2.75) is 18.5 Å². The molecule has 24 heavy (non-hydrogen) atoms. The fraction of sp³-hybridized carbons (Fsp3) is 0.167. The highest BCUT2D eigenvalue weighted by molar-refractivity contribution is 9.10. The summed E-state index contributed by atoms with van der Waals surface area (Å²) < 4.78 is 15.2. The van der Waals surface area contributed by atoms with Gasteiger partial charge in [0.05, 0.1) is 6.04 Å². The third-order valence-corrected chi connectivity index (χ3v) is 4.97. The van der Waals surface area contributed by atoms with Crippen molar-refractivity contribution in [2.75, 3.05) is 0 Å². The van der Waals surface area contributed by atoms with Gasteiger partial charge in [0.25, 0.3) is 0 Å². The highest BCUT2D eigenvalue weighted by Crippen LogP contribution is 2.36. The van der Waals surface area contributed by atoms with Gasteiger partial charge in [-0.05, 0) is 29.8 Å². The quantitative estimate of drug-likeness (QED) is 0.626. The Balaban J connectivity index is 1.94. The molecule has 2 heterocycles. The number of benzene rings is 2. The van der Waals surface area contributed by atoms with Crippen molar-refractivity contribution in [1.82, 2.24) is 10.3 Å². The van der Waals surface area contributed by atoms with Crippen molar-refractivity contribution >= 4 is 32.8 Å². The number of carbonyl (C=O) groups is 1. The van der Waals surface area contributed by atoms with Crippen LogP contribution >= 0.6 is 15.9 Å². The van der Waals surface area contributed by atoms with E-state index in [1.807, 2.05) is 24.3 Å². The Kier molecular flexibility index (Phi) is 3.66. The molecule has 0 spiro atoms. The average Bonchev–Trinajstić information content (AvgIpc) is 2.95. The molecule has 0 bridgehead atoms. The van der Waals surface area contributed by atoms with E-state index in [1.165, 1.54) is 6.07 Å². The number of rotatable bonds is 2. The Hall–Kier alpha value is -2.18. The molecule has 3 aromatic rings. The smallest absolute Gasteiger partial charge is 0.321 e. The fourth-order valence-corrected chi connectivity index (χ4v) is 3.75. The van der Waals surface area contributed by atoms with Crippen LogP contribution < -0.4 is 5.32 Å². The van der Waals surface area contributed by atoms with E-state index < -0.39 is 18.1 Å². The van der Waals surface area contributed by atoms with Gasteiger partial charge < -0.3 is 10.1 Å². The number of nitrogens with one attached hydrogen (secondary N) is 2. The van der Waals surface area contributed by atoms with Gasteiger partial charge in [-0.25, -0.2) is 4.39 Å². The van der Waals surface area contributed by atoms with Gasteiger partial charge >= 0.3 is 5.97 Å². The van der Waals surface area contributed by atoms with Gasteiger partial charge in [-0.3, -0.25) is 10.1 Å². The molecule has 0 aliphatic carbocycles.